The molecule has 0 radical (unpaired) electrons. The number of aryl methyl sites for hydroxylation is 1. The average Bonchev–Trinajstić information content (AvgIpc) is 3.19. The third kappa shape index (κ3) is 4.96. The first-order valence-corrected chi connectivity index (χ1v) is 8.02. The van der Waals surface area contributed by atoms with Gasteiger partial charge in [-0.3, -0.25) is 9.59 Å². The van der Waals surface area contributed by atoms with Gasteiger partial charge in [0.15, 0.2) is 0 Å². The summed E-state index contributed by atoms with van der Waals surface area (Å²) in [6.45, 7) is 2.57. The minimum atomic E-state index is -0.220. The predicted molar refractivity (Wildman–Crippen MR) is 82.2 cm³/mol. The third-order valence-electron chi connectivity index (χ3n) is 2.83. The Morgan fingerprint density at radius 2 is 2.18 bits per heavy atom. The summed E-state index contributed by atoms with van der Waals surface area (Å²) in [5.41, 5.74) is 0.900. The molecule has 0 atom stereocenters. The number of carbonyl (C=O) groups excluding carboxylic acids is 2. The quantitative estimate of drug-likeness (QED) is 0.765. The number of nitrogens with zero attached hydrogens (tertiary/aromatic N) is 2. The highest BCUT2D eigenvalue weighted by molar-refractivity contribution is 7.08. The van der Waals surface area contributed by atoms with Crippen LogP contribution >= 0.6 is 11.3 Å². The maximum atomic E-state index is 11.7. The fourth-order valence-corrected chi connectivity index (χ4v) is 2.31. The smallest absolute Gasteiger partial charge is 0.239 e. The molecule has 0 spiro atoms. The van der Waals surface area contributed by atoms with Gasteiger partial charge in [0.2, 0.25) is 23.5 Å². The lowest BCUT2D eigenvalue weighted by atomic mass is 10.3. The van der Waals surface area contributed by atoms with Crippen molar-refractivity contribution in [3.05, 3.63) is 22.7 Å². The van der Waals surface area contributed by atoms with Gasteiger partial charge >= 0.3 is 0 Å². The van der Waals surface area contributed by atoms with Crippen LogP contribution < -0.4 is 10.6 Å². The van der Waals surface area contributed by atoms with E-state index in [2.05, 4.69) is 20.8 Å². The second-order valence-corrected chi connectivity index (χ2v) is 5.43. The number of thiophene rings is 1. The fourth-order valence-electron chi connectivity index (χ4n) is 1.68. The number of hydrogen-bond acceptors (Lipinski definition) is 6. The first-order valence-electron chi connectivity index (χ1n) is 7.07. The molecule has 8 heteroatoms. The van der Waals surface area contributed by atoms with Crippen LogP contribution in [0.25, 0.3) is 11.4 Å². The van der Waals surface area contributed by atoms with Crippen molar-refractivity contribution in [1.82, 2.24) is 20.8 Å². The SMILES string of the molecule is CCCNC(=O)CNC(=O)CCc1nc(-c2ccsc2)no1. The average molecular weight is 322 g/mol. The van der Waals surface area contributed by atoms with E-state index in [1.54, 1.807) is 11.3 Å². The van der Waals surface area contributed by atoms with Gasteiger partial charge in [-0.25, -0.2) is 0 Å². The van der Waals surface area contributed by atoms with Crippen molar-refractivity contribution in [2.75, 3.05) is 13.1 Å². The lowest BCUT2D eigenvalue weighted by Crippen LogP contribution is -2.37. The van der Waals surface area contributed by atoms with E-state index < -0.39 is 0 Å². The molecule has 22 heavy (non-hydrogen) atoms. The van der Waals surface area contributed by atoms with Crippen LogP contribution in [0.15, 0.2) is 21.3 Å². The molecule has 0 bridgehead atoms. The molecule has 2 aromatic rings. The van der Waals surface area contributed by atoms with E-state index in [0.717, 1.165) is 12.0 Å². The molecule has 0 unspecified atom stereocenters. The zero-order chi connectivity index (χ0) is 15.8. The van der Waals surface area contributed by atoms with Crippen LogP contribution in [0.3, 0.4) is 0 Å². The number of hydrogen-bond donors (Lipinski definition) is 2. The summed E-state index contributed by atoms with van der Waals surface area (Å²) in [7, 11) is 0. The van der Waals surface area contributed by atoms with Crippen molar-refractivity contribution >= 4 is 23.2 Å². The van der Waals surface area contributed by atoms with Gasteiger partial charge in [-0.15, -0.1) is 0 Å². The minimum absolute atomic E-state index is 0.0111. The van der Waals surface area contributed by atoms with Gasteiger partial charge in [-0.05, 0) is 17.9 Å². The second kappa shape index (κ2) is 8.28. The molecule has 0 aliphatic carbocycles. The summed E-state index contributed by atoms with van der Waals surface area (Å²) in [6, 6.07) is 1.90. The van der Waals surface area contributed by atoms with E-state index in [1.807, 2.05) is 23.8 Å². The normalized spacial score (nSPS) is 10.4. The molecule has 0 aromatic carbocycles. The van der Waals surface area contributed by atoms with Gasteiger partial charge in [-0.1, -0.05) is 12.1 Å². The Labute approximate surface area is 132 Å². The lowest BCUT2D eigenvalue weighted by Gasteiger charge is -2.04. The van der Waals surface area contributed by atoms with Crippen LogP contribution in [0.2, 0.25) is 0 Å². The Morgan fingerprint density at radius 1 is 1.32 bits per heavy atom. The summed E-state index contributed by atoms with van der Waals surface area (Å²) < 4.78 is 5.10. The van der Waals surface area contributed by atoms with E-state index in [0.29, 0.717) is 24.7 Å². The summed E-state index contributed by atoms with van der Waals surface area (Å²) in [4.78, 5) is 27.2. The van der Waals surface area contributed by atoms with Gasteiger partial charge in [0.1, 0.15) is 0 Å². The first-order chi connectivity index (χ1) is 10.7. The van der Waals surface area contributed by atoms with E-state index in [1.165, 1.54) is 0 Å². The number of amides is 2. The van der Waals surface area contributed by atoms with E-state index in [4.69, 9.17) is 4.52 Å². The zero-order valence-electron chi connectivity index (χ0n) is 12.3. The molecule has 2 rings (SSSR count). The molecule has 118 valence electrons. The highest BCUT2D eigenvalue weighted by Crippen LogP contribution is 2.18. The van der Waals surface area contributed by atoms with Crippen molar-refractivity contribution < 1.29 is 14.1 Å². The van der Waals surface area contributed by atoms with Crippen molar-refractivity contribution in [1.29, 1.82) is 0 Å². The van der Waals surface area contributed by atoms with Crippen LogP contribution in [0, 0.1) is 0 Å². The standard InChI is InChI=1S/C14H18N4O3S/c1-2-6-15-12(20)8-16-11(19)3-4-13-17-14(18-21-13)10-5-7-22-9-10/h5,7,9H,2-4,6,8H2,1H3,(H,15,20)(H,16,19). The van der Waals surface area contributed by atoms with Crippen molar-refractivity contribution in [2.24, 2.45) is 0 Å². The van der Waals surface area contributed by atoms with Crippen LogP contribution in [0.5, 0.6) is 0 Å². The molecule has 7 nitrogen and oxygen atoms in total. The predicted octanol–water partition coefficient (Wildman–Crippen LogP) is 1.37. The van der Waals surface area contributed by atoms with E-state index in [-0.39, 0.29) is 24.8 Å². The number of aromatic nitrogens is 2. The molecule has 0 saturated heterocycles. The Morgan fingerprint density at radius 3 is 2.91 bits per heavy atom. The maximum absolute atomic E-state index is 11.7. The topological polar surface area (TPSA) is 97.1 Å². The molecule has 2 heterocycles. The fraction of sp³-hybridized carbons (Fsp3) is 0.429. The number of carbonyl (C=O) groups is 2. The van der Waals surface area contributed by atoms with Crippen LogP contribution in [-0.2, 0) is 16.0 Å². The molecular formula is C14H18N4O3S. The van der Waals surface area contributed by atoms with Crippen molar-refractivity contribution in [3.63, 3.8) is 0 Å². The molecule has 0 fully saturated rings. The van der Waals surface area contributed by atoms with Gasteiger partial charge in [0.25, 0.3) is 0 Å². The Bertz CT molecular complexity index is 609. The minimum Gasteiger partial charge on any atom is -0.355 e. The zero-order valence-corrected chi connectivity index (χ0v) is 13.1. The lowest BCUT2D eigenvalue weighted by molar-refractivity contribution is -0.126. The van der Waals surface area contributed by atoms with Crippen molar-refractivity contribution in [3.8, 4) is 11.4 Å². The molecule has 0 aliphatic rings. The van der Waals surface area contributed by atoms with Gasteiger partial charge in [0, 0.05) is 30.3 Å². The summed E-state index contributed by atoms with van der Waals surface area (Å²) in [6.07, 6.45) is 1.41. The number of rotatable bonds is 8. The highest BCUT2D eigenvalue weighted by Gasteiger charge is 2.11. The number of nitrogens with one attached hydrogen (secondary N) is 2. The highest BCUT2D eigenvalue weighted by atomic mass is 32.1. The maximum Gasteiger partial charge on any atom is 0.239 e. The van der Waals surface area contributed by atoms with Gasteiger partial charge in [-0.2, -0.15) is 16.3 Å². The monoisotopic (exact) mass is 322 g/mol. The molecule has 2 amide bonds. The molecule has 2 N–H and O–H groups in total. The third-order valence-corrected chi connectivity index (χ3v) is 3.51. The molecular weight excluding hydrogens is 304 g/mol. The Hall–Kier alpha value is -2.22. The summed E-state index contributed by atoms with van der Waals surface area (Å²) in [5.74, 6) is 0.525. The Balaban J connectivity index is 1.71. The first kappa shape index (κ1) is 16.2. The van der Waals surface area contributed by atoms with Gasteiger partial charge in [0.05, 0.1) is 6.54 Å². The molecule has 0 saturated carbocycles. The van der Waals surface area contributed by atoms with E-state index >= 15 is 0 Å². The Kier molecular flexibility index (Phi) is 6.08. The summed E-state index contributed by atoms with van der Waals surface area (Å²) >= 11 is 1.55. The van der Waals surface area contributed by atoms with Crippen LogP contribution in [0.4, 0.5) is 0 Å². The van der Waals surface area contributed by atoms with Crippen LogP contribution in [0.1, 0.15) is 25.7 Å². The van der Waals surface area contributed by atoms with Crippen molar-refractivity contribution in [2.45, 2.75) is 26.2 Å². The van der Waals surface area contributed by atoms with E-state index in [9.17, 15) is 9.59 Å². The summed E-state index contributed by atoms with van der Waals surface area (Å²) in [5, 5.41) is 13.0. The van der Waals surface area contributed by atoms with Gasteiger partial charge < -0.3 is 15.2 Å². The molecule has 2 aromatic heterocycles. The second-order valence-electron chi connectivity index (χ2n) is 4.65. The largest absolute Gasteiger partial charge is 0.355 e. The molecule has 0 aliphatic heterocycles. The van der Waals surface area contributed by atoms with Crippen LogP contribution in [-0.4, -0.2) is 35.0 Å².